The lowest BCUT2D eigenvalue weighted by molar-refractivity contribution is 0.272. The molecule has 114 valence electrons. The van der Waals surface area contributed by atoms with Gasteiger partial charge in [-0.25, -0.2) is 0 Å². The number of piperidine rings is 1. The van der Waals surface area contributed by atoms with E-state index < -0.39 is 0 Å². The second-order valence-electron chi connectivity index (χ2n) is 5.53. The van der Waals surface area contributed by atoms with Gasteiger partial charge in [-0.1, -0.05) is 6.07 Å². The molecule has 3 rings (SSSR count). The summed E-state index contributed by atoms with van der Waals surface area (Å²) in [4.78, 5) is 2.36. The Kier molecular flexibility index (Phi) is 4.08. The molecule has 1 aromatic carbocycles. The Labute approximate surface area is 133 Å². The maximum atomic E-state index is 5.48. The van der Waals surface area contributed by atoms with Crippen LogP contribution in [0.15, 0.2) is 21.7 Å². The molecule has 2 atom stereocenters. The van der Waals surface area contributed by atoms with Gasteiger partial charge in [0.05, 0.1) is 24.7 Å². The summed E-state index contributed by atoms with van der Waals surface area (Å²) in [5.41, 5.74) is 5.74. The van der Waals surface area contributed by atoms with Crippen molar-refractivity contribution in [2.24, 2.45) is 11.0 Å². The third-order valence-electron chi connectivity index (χ3n) is 4.29. The van der Waals surface area contributed by atoms with Crippen molar-refractivity contribution in [2.75, 3.05) is 34.4 Å². The molecule has 0 spiro atoms. The van der Waals surface area contributed by atoms with E-state index in [-0.39, 0.29) is 6.04 Å². The monoisotopic (exact) mass is 353 g/mol. The first-order valence-corrected chi connectivity index (χ1v) is 7.86. The molecule has 2 unspecified atom stereocenters. The van der Waals surface area contributed by atoms with Crippen molar-refractivity contribution in [3.8, 4) is 11.5 Å². The van der Waals surface area contributed by atoms with E-state index >= 15 is 0 Å². The molecule has 0 amide bonds. The van der Waals surface area contributed by atoms with Gasteiger partial charge in [0, 0.05) is 31.1 Å². The number of ether oxygens (including phenoxy) is 2. The fourth-order valence-electron chi connectivity index (χ4n) is 3.13. The van der Waals surface area contributed by atoms with E-state index in [2.05, 4.69) is 44.5 Å². The fourth-order valence-corrected chi connectivity index (χ4v) is 3.87. The minimum Gasteiger partial charge on any atom is -0.493 e. The van der Waals surface area contributed by atoms with Crippen molar-refractivity contribution in [1.82, 2.24) is 10.3 Å². The molecule has 0 aliphatic carbocycles. The van der Waals surface area contributed by atoms with Crippen LogP contribution >= 0.6 is 15.9 Å². The summed E-state index contributed by atoms with van der Waals surface area (Å²) in [5.74, 6) is 1.88. The number of nitrogens with one attached hydrogen (secondary N) is 1. The number of rotatable bonds is 3. The molecule has 0 radical (unpaired) electrons. The molecule has 2 heterocycles. The van der Waals surface area contributed by atoms with Gasteiger partial charge in [-0.15, -0.1) is 0 Å². The van der Waals surface area contributed by atoms with E-state index in [1.807, 2.05) is 6.07 Å². The molecule has 2 aliphatic rings. The van der Waals surface area contributed by atoms with Crippen LogP contribution < -0.4 is 14.9 Å². The Bertz CT molecular complexity index is 576. The third kappa shape index (κ3) is 2.51. The molecule has 1 fully saturated rings. The first-order valence-electron chi connectivity index (χ1n) is 7.06. The lowest BCUT2D eigenvalue weighted by atomic mass is 9.86. The zero-order valence-corrected chi connectivity index (χ0v) is 14.1. The Hall–Kier alpha value is -1.27. The smallest absolute Gasteiger partial charge is 0.175 e. The number of likely N-dealkylation sites (tertiary alicyclic amines) is 1. The summed E-state index contributed by atoms with van der Waals surface area (Å²) in [6.45, 7) is 2.11. The molecular weight excluding hydrogens is 334 g/mol. The van der Waals surface area contributed by atoms with Gasteiger partial charge in [-0.05, 0) is 34.6 Å². The zero-order chi connectivity index (χ0) is 15.0. The number of nitrogens with zero attached hydrogens (tertiary/aromatic N) is 2. The van der Waals surface area contributed by atoms with E-state index in [1.165, 1.54) is 5.71 Å². The number of benzene rings is 1. The predicted molar refractivity (Wildman–Crippen MR) is 86.2 cm³/mol. The molecule has 6 heteroatoms. The number of hydrazone groups is 1. The van der Waals surface area contributed by atoms with Crippen LogP contribution in [0.4, 0.5) is 0 Å². The van der Waals surface area contributed by atoms with E-state index in [9.17, 15) is 0 Å². The largest absolute Gasteiger partial charge is 0.493 e. The highest BCUT2D eigenvalue weighted by Crippen LogP contribution is 2.43. The van der Waals surface area contributed by atoms with E-state index in [4.69, 9.17) is 9.47 Å². The molecule has 0 aromatic heterocycles. The van der Waals surface area contributed by atoms with Crippen molar-refractivity contribution in [1.29, 1.82) is 0 Å². The first-order chi connectivity index (χ1) is 10.2. The first kappa shape index (κ1) is 14.7. The molecule has 5 nitrogen and oxygen atoms in total. The lowest BCUT2D eigenvalue weighted by Crippen LogP contribution is -2.39. The Morgan fingerprint density at radius 3 is 2.86 bits per heavy atom. The van der Waals surface area contributed by atoms with Crippen LogP contribution in [0, 0.1) is 5.92 Å². The van der Waals surface area contributed by atoms with Crippen LogP contribution in [0.2, 0.25) is 0 Å². The Morgan fingerprint density at radius 1 is 1.33 bits per heavy atom. The minimum atomic E-state index is 0.178. The normalized spacial score (nSPS) is 25.0. The van der Waals surface area contributed by atoms with Crippen LogP contribution in [0.25, 0.3) is 0 Å². The summed E-state index contributed by atoms with van der Waals surface area (Å²) in [5, 5.41) is 4.54. The summed E-state index contributed by atoms with van der Waals surface area (Å²) in [7, 11) is 5.47. The number of hydrogen-bond donors (Lipinski definition) is 1. The Balaban J connectivity index is 1.94. The SMILES string of the molecule is COc1ccc(C2NN=C3CCN(C)CC32)c(Br)c1OC. The maximum Gasteiger partial charge on any atom is 0.175 e. The molecule has 0 bridgehead atoms. The van der Waals surface area contributed by atoms with Gasteiger partial charge >= 0.3 is 0 Å². The maximum absolute atomic E-state index is 5.48. The topological polar surface area (TPSA) is 46.1 Å². The number of hydrogen-bond acceptors (Lipinski definition) is 5. The average molecular weight is 354 g/mol. The second-order valence-corrected chi connectivity index (χ2v) is 6.33. The van der Waals surface area contributed by atoms with Gasteiger partial charge in [0.25, 0.3) is 0 Å². The molecule has 1 saturated heterocycles. The van der Waals surface area contributed by atoms with Gasteiger partial charge in [-0.2, -0.15) is 5.10 Å². The highest BCUT2D eigenvalue weighted by Gasteiger charge is 2.37. The van der Waals surface area contributed by atoms with Crippen LogP contribution in [0.5, 0.6) is 11.5 Å². The fraction of sp³-hybridized carbons (Fsp3) is 0.533. The molecule has 2 aliphatic heterocycles. The van der Waals surface area contributed by atoms with Crippen molar-refractivity contribution in [2.45, 2.75) is 12.5 Å². The number of halogens is 1. The summed E-state index contributed by atoms with van der Waals surface area (Å²) >= 11 is 3.67. The second kappa shape index (κ2) is 5.85. The van der Waals surface area contributed by atoms with Crippen molar-refractivity contribution < 1.29 is 9.47 Å². The highest BCUT2D eigenvalue weighted by atomic mass is 79.9. The molecule has 21 heavy (non-hydrogen) atoms. The van der Waals surface area contributed by atoms with Gasteiger partial charge in [0.2, 0.25) is 0 Å². The van der Waals surface area contributed by atoms with Gasteiger partial charge in [0.15, 0.2) is 11.5 Å². The molecule has 0 saturated carbocycles. The molecule has 1 aromatic rings. The van der Waals surface area contributed by atoms with E-state index in [0.717, 1.165) is 41.0 Å². The summed E-state index contributed by atoms with van der Waals surface area (Å²) in [6, 6.07) is 4.21. The number of methoxy groups -OCH3 is 2. The summed E-state index contributed by atoms with van der Waals surface area (Å²) in [6.07, 6.45) is 1.04. The van der Waals surface area contributed by atoms with Crippen molar-refractivity contribution in [3.05, 3.63) is 22.2 Å². The molecular formula is C15H20BrN3O2. The lowest BCUT2D eigenvalue weighted by Gasteiger charge is -2.31. The van der Waals surface area contributed by atoms with E-state index in [0.29, 0.717) is 5.92 Å². The Morgan fingerprint density at radius 2 is 2.14 bits per heavy atom. The van der Waals surface area contributed by atoms with Crippen LogP contribution in [-0.4, -0.2) is 45.0 Å². The van der Waals surface area contributed by atoms with Gasteiger partial charge in [0.1, 0.15) is 0 Å². The standard InChI is InChI=1S/C15H20BrN3O2/c1-19-7-6-11-10(8-19)14(18-17-11)9-4-5-12(20-2)15(21-3)13(9)16/h4-5,10,14,18H,6-8H2,1-3H3. The predicted octanol–water partition coefficient (Wildman–Crippen LogP) is 2.42. The zero-order valence-electron chi connectivity index (χ0n) is 12.5. The van der Waals surface area contributed by atoms with Gasteiger partial charge < -0.3 is 19.8 Å². The quantitative estimate of drug-likeness (QED) is 0.906. The van der Waals surface area contributed by atoms with Crippen molar-refractivity contribution >= 4 is 21.6 Å². The third-order valence-corrected chi connectivity index (χ3v) is 5.10. The van der Waals surface area contributed by atoms with Crippen LogP contribution in [-0.2, 0) is 0 Å². The average Bonchev–Trinajstić information content (AvgIpc) is 2.89. The van der Waals surface area contributed by atoms with E-state index in [1.54, 1.807) is 14.2 Å². The molecule has 1 N–H and O–H groups in total. The van der Waals surface area contributed by atoms with Crippen LogP contribution in [0.3, 0.4) is 0 Å². The summed E-state index contributed by atoms with van der Waals surface area (Å²) < 4.78 is 11.8. The minimum absolute atomic E-state index is 0.178. The van der Waals surface area contributed by atoms with Gasteiger partial charge in [-0.3, -0.25) is 0 Å². The highest BCUT2D eigenvalue weighted by molar-refractivity contribution is 9.10. The number of fused-ring (bicyclic) bond motifs is 1. The van der Waals surface area contributed by atoms with Crippen LogP contribution in [0.1, 0.15) is 18.0 Å². The van der Waals surface area contributed by atoms with Crippen molar-refractivity contribution in [3.63, 3.8) is 0 Å².